The quantitative estimate of drug-likeness (QED) is 0.602. The summed E-state index contributed by atoms with van der Waals surface area (Å²) in [6.07, 6.45) is 1.70. The smallest absolute Gasteiger partial charge is 0.313 e. The molecule has 20 heavy (non-hydrogen) atoms. The van der Waals surface area contributed by atoms with Crippen molar-refractivity contribution >= 4 is 17.7 Å². The average molecular weight is 299 g/mol. The zero-order valence-electron chi connectivity index (χ0n) is 12.2. The van der Waals surface area contributed by atoms with Gasteiger partial charge in [0, 0.05) is 18.8 Å². The number of carboxylic acids is 1. The number of carbonyl (C=O) groups is 1. The SMILES string of the molecule is CC(C)C(CN(C)C)n1ccc(=O)nc1SCC(=O)O. The molecule has 1 unspecified atom stereocenters. The highest BCUT2D eigenvalue weighted by Gasteiger charge is 2.19. The first kappa shape index (κ1) is 16.7. The number of thioether (sulfide) groups is 1. The lowest BCUT2D eigenvalue weighted by atomic mass is 10.0. The third-order valence-corrected chi connectivity index (χ3v) is 3.76. The maximum absolute atomic E-state index is 11.4. The van der Waals surface area contributed by atoms with Crippen molar-refractivity contribution < 1.29 is 9.90 Å². The fourth-order valence-corrected chi connectivity index (χ4v) is 2.63. The Labute approximate surface area is 122 Å². The number of rotatable bonds is 7. The topological polar surface area (TPSA) is 75.4 Å². The zero-order chi connectivity index (χ0) is 15.3. The van der Waals surface area contributed by atoms with Crippen LogP contribution in [-0.2, 0) is 4.79 Å². The average Bonchev–Trinajstić information content (AvgIpc) is 2.33. The molecule has 0 spiro atoms. The normalized spacial score (nSPS) is 12.9. The summed E-state index contributed by atoms with van der Waals surface area (Å²) < 4.78 is 1.90. The molecule has 1 atom stereocenters. The molecule has 0 saturated carbocycles. The molecule has 1 aromatic rings. The van der Waals surface area contributed by atoms with E-state index in [2.05, 4.69) is 23.7 Å². The van der Waals surface area contributed by atoms with E-state index in [1.807, 2.05) is 18.7 Å². The van der Waals surface area contributed by atoms with Crippen LogP contribution in [-0.4, -0.2) is 51.9 Å². The van der Waals surface area contributed by atoms with Crippen LogP contribution in [0.2, 0.25) is 0 Å². The first-order valence-electron chi connectivity index (χ1n) is 6.39. The molecule has 1 heterocycles. The molecule has 112 valence electrons. The molecule has 1 aromatic heterocycles. The number of hydrogen-bond acceptors (Lipinski definition) is 5. The van der Waals surface area contributed by atoms with Gasteiger partial charge in [0.25, 0.3) is 5.56 Å². The van der Waals surface area contributed by atoms with Crippen molar-refractivity contribution in [3.63, 3.8) is 0 Å². The fraction of sp³-hybridized carbons (Fsp3) is 0.615. The maximum atomic E-state index is 11.4. The fourth-order valence-electron chi connectivity index (χ4n) is 1.88. The van der Waals surface area contributed by atoms with Crippen LogP contribution < -0.4 is 5.56 Å². The van der Waals surface area contributed by atoms with Gasteiger partial charge >= 0.3 is 5.97 Å². The largest absolute Gasteiger partial charge is 0.481 e. The van der Waals surface area contributed by atoms with Crippen molar-refractivity contribution in [2.24, 2.45) is 5.92 Å². The van der Waals surface area contributed by atoms with Gasteiger partial charge in [-0.25, -0.2) is 0 Å². The summed E-state index contributed by atoms with van der Waals surface area (Å²) in [5, 5.41) is 9.24. The van der Waals surface area contributed by atoms with Gasteiger partial charge in [-0.2, -0.15) is 4.98 Å². The Bertz CT molecular complexity index is 514. The predicted octanol–water partition coefficient (Wildman–Crippen LogP) is 1.18. The van der Waals surface area contributed by atoms with Gasteiger partial charge < -0.3 is 14.6 Å². The van der Waals surface area contributed by atoms with Gasteiger partial charge in [0.1, 0.15) is 0 Å². The second-order valence-corrected chi connectivity index (χ2v) is 6.15. The molecule has 0 fully saturated rings. The van der Waals surface area contributed by atoms with E-state index < -0.39 is 5.97 Å². The monoisotopic (exact) mass is 299 g/mol. The molecule has 6 nitrogen and oxygen atoms in total. The molecule has 0 bridgehead atoms. The van der Waals surface area contributed by atoms with Crippen LogP contribution in [0.3, 0.4) is 0 Å². The van der Waals surface area contributed by atoms with Crippen LogP contribution in [0.1, 0.15) is 19.9 Å². The Morgan fingerprint density at radius 2 is 2.15 bits per heavy atom. The van der Waals surface area contributed by atoms with Gasteiger partial charge in [0.15, 0.2) is 5.16 Å². The van der Waals surface area contributed by atoms with E-state index >= 15 is 0 Å². The van der Waals surface area contributed by atoms with E-state index in [1.165, 1.54) is 6.07 Å². The highest BCUT2D eigenvalue weighted by Crippen LogP contribution is 2.24. The van der Waals surface area contributed by atoms with Crippen molar-refractivity contribution in [3.05, 3.63) is 22.6 Å². The second-order valence-electron chi connectivity index (χ2n) is 5.21. The van der Waals surface area contributed by atoms with Crippen LogP contribution in [0.4, 0.5) is 0 Å². The van der Waals surface area contributed by atoms with Crippen LogP contribution in [0.15, 0.2) is 22.2 Å². The van der Waals surface area contributed by atoms with E-state index in [4.69, 9.17) is 5.11 Å². The van der Waals surface area contributed by atoms with Crippen molar-refractivity contribution in [2.45, 2.75) is 25.0 Å². The van der Waals surface area contributed by atoms with Crippen molar-refractivity contribution in [3.8, 4) is 0 Å². The Kier molecular flexibility index (Phi) is 6.22. The minimum Gasteiger partial charge on any atom is -0.481 e. The van der Waals surface area contributed by atoms with Crippen molar-refractivity contribution in [2.75, 3.05) is 26.4 Å². The lowest BCUT2D eigenvalue weighted by Gasteiger charge is -2.28. The van der Waals surface area contributed by atoms with Crippen molar-refractivity contribution in [1.82, 2.24) is 14.5 Å². The molecule has 0 radical (unpaired) electrons. The molecule has 7 heteroatoms. The molecular weight excluding hydrogens is 278 g/mol. The Hall–Kier alpha value is -1.34. The van der Waals surface area contributed by atoms with Crippen LogP contribution in [0.5, 0.6) is 0 Å². The molecule has 1 rings (SSSR count). The first-order chi connectivity index (χ1) is 9.31. The molecule has 0 aromatic carbocycles. The second kappa shape index (κ2) is 7.44. The van der Waals surface area contributed by atoms with Gasteiger partial charge in [0.2, 0.25) is 0 Å². The van der Waals surface area contributed by atoms with Crippen LogP contribution >= 0.6 is 11.8 Å². The summed E-state index contributed by atoms with van der Waals surface area (Å²) in [7, 11) is 3.96. The van der Waals surface area contributed by atoms with E-state index in [9.17, 15) is 9.59 Å². The molecule has 0 saturated heterocycles. The van der Waals surface area contributed by atoms with Gasteiger partial charge in [-0.15, -0.1) is 0 Å². The van der Waals surface area contributed by atoms with E-state index in [1.54, 1.807) is 6.20 Å². The van der Waals surface area contributed by atoms with Crippen molar-refractivity contribution in [1.29, 1.82) is 0 Å². The Balaban J connectivity index is 3.12. The number of aliphatic carboxylic acids is 1. The summed E-state index contributed by atoms with van der Waals surface area (Å²) >= 11 is 1.08. The molecular formula is C13H21N3O3S. The Morgan fingerprint density at radius 3 is 2.65 bits per heavy atom. The first-order valence-corrected chi connectivity index (χ1v) is 7.38. The number of aromatic nitrogens is 2. The summed E-state index contributed by atoms with van der Waals surface area (Å²) in [5.74, 6) is -0.692. The third kappa shape index (κ3) is 4.97. The molecule has 0 aliphatic carbocycles. The van der Waals surface area contributed by atoms with E-state index in [0.29, 0.717) is 11.1 Å². The predicted molar refractivity (Wildman–Crippen MR) is 79.3 cm³/mol. The molecule has 0 amide bonds. The summed E-state index contributed by atoms with van der Waals surface area (Å²) in [5.41, 5.74) is -0.346. The van der Waals surface area contributed by atoms with Gasteiger partial charge in [-0.05, 0) is 20.0 Å². The summed E-state index contributed by atoms with van der Waals surface area (Å²) in [6, 6.07) is 1.55. The lowest BCUT2D eigenvalue weighted by molar-refractivity contribution is -0.133. The van der Waals surface area contributed by atoms with E-state index in [-0.39, 0.29) is 17.4 Å². The minimum absolute atomic E-state index is 0.108. The Morgan fingerprint density at radius 1 is 1.50 bits per heavy atom. The molecule has 0 aliphatic heterocycles. The number of hydrogen-bond donors (Lipinski definition) is 1. The lowest BCUT2D eigenvalue weighted by Crippen LogP contribution is -2.30. The number of carboxylic acid groups (broad SMARTS) is 1. The van der Waals surface area contributed by atoms with Crippen LogP contribution in [0.25, 0.3) is 0 Å². The maximum Gasteiger partial charge on any atom is 0.313 e. The third-order valence-electron chi connectivity index (χ3n) is 2.81. The highest BCUT2D eigenvalue weighted by molar-refractivity contribution is 7.99. The van der Waals surface area contributed by atoms with Gasteiger partial charge in [-0.3, -0.25) is 9.59 Å². The molecule has 0 aliphatic rings. The van der Waals surface area contributed by atoms with E-state index in [0.717, 1.165) is 18.3 Å². The van der Waals surface area contributed by atoms with Gasteiger partial charge in [-0.1, -0.05) is 25.6 Å². The number of likely N-dealkylation sites (N-methyl/N-ethyl adjacent to an activating group) is 1. The summed E-state index contributed by atoms with van der Waals surface area (Å²) in [4.78, 5) is 28.1. The highest BCUT2D eigenvalue weighted by atomic mass is 32.2. The zero-order valence-corrected chi connectivity index (χ0v) is 13.1. The number of nitrogens with zero attached hydrogens (tertiary/aromatic N) is 3. The molecule has 1 N–H and O–H groups in total. The standard InChI is InChI=1S/C13H21N3O3S/c1-9(2)10(7-15(3)4)16-6-5-11(17)14-13(16)20-8-12(18)19/h5-6,9-10H,7-8H2,1-4H3,(H,18,19). The summed E-state index contributed by atoms with van der Waals surface area (Å²) in [6.45, 7) is 4.98. The minimum atomic E-state index is -0.923. The van der Waals surface area contributed by atoms with Gasteiger partial charge in [0.05, 0.1) is 11.8 Å². The van der Waals surface area contributed by atoms with Crippen LogP contribution in [0, 0.1) is 5.92 Å².